The molecular formula is C37H42BrN3O4S. The number of halogens is 1. The molecule has 4 rings (SSSR count). The highest BCUT2D eigenvalue weighted by atomic mass is 79.9. The van der Waals surface area contributed by atoms with Gasteiger partial charge in [0.2, 0.25) is 11.8 Å². The summed E-state index contributed by atoms with van der Waals surface area (Å²) < 4.78 is 30.7. The number of aryl methyl sites for hydroxylation is 2. The highest BCUT2D eigenvalue weighted by Gasteiger charge is 2.35. The number of nitrogens with zero attached hydrogens (tertiary/aromatic N) is 2. The zero-order valence-corrected chi connectivity index (χ0v) is 29.1. The Balaban J connectivity index is 1.82. The lowest BCUT2D eigenvalue weighted by Crippen LogP contribution is -2.53. The summed E-state index contributed by atoms with van der Waals surface area (Å²) >= 11 is 3.52. The molecule has 4 aromatic rings. The van der Waals surface area contributed by atoms with Crippen molar-refractivity contribution in [1.29, 1.82) is 0 Å². The summed E-state index contributed by atoms with van der Waals surface area (Å²) in [5.41, 5.74) is 3.86. The maximum Gasteiger partial charge on any atom is 0.264 e. The molecule has 46 heavy (non-hydrogen) atoms. The number of amides is 2. The Labute approximate surface area is 281 Å². The lowest BCUT2D eigenvalue weighted by Gasteiger charge is -2.34. The molecule has 2 amide bonds. The van der Waals surface area contributed by atoms with Gasteiger partial charge >= 0.3 is 0 Å². The van der Waals surface area contributed by atoms with Crippen LogP contribution >= 0.6 is 15.9 Å². The van der Waals surface area contributed by atoms with Gasteiger partial charge in [0.1, 0.15) is 12.6 Å². The number of unbranched alkanes of at least 4 members (excludes halogenated alkanes) is 1. The van der Waals surface area contributed by atoms with Crippen molar-refractivity contribution in [3.63, 3.8) is 0 Å². The minimum Gasteiger partial charge on any atom is -0.354 e. The maximum absolute atomic E-state index is 14.6. The second-order valence-electron chi connectivity index (χ2n) is 11.3. The lowest BCUT2D eigenvalue weighted by atomic mass is 10.0. The number of carbonyl (C=O) groups is 2. The Bertz CT molecular complexity index is 1710. The van der Waals surface area contributed by atoms with E-state index in [1.54, 1.807) is 36.4 Å². The van der Waals surface area contributed by atoms with Gasteiger partial charge in [-0.3, -0.25) is 13.9 Å². The first kappa shape index (κ1) is 34.9. The number of sulfonamides is 1. The van der Waals surface area contributed by atoms with Gasteiger partial charge in [-0.2, -0.15) is 0 Å². The van der Waals surface area contributed by atoms with E-state index in [0.717, 1.165) is 39.6 Å². The molecule has 1 N–H and O–H groups in total. The summed E-state index contributed by atoms with van der Waals surface area (Å²) in [5.74, 6) is -0.754. The Morgan fingerprint density at radius 2 is 1.52 bits per heavy atom. The number of anilines is 1. The molecule has 4 aromatic carbocycles. The Morgan fingerprint density at radius 3 is 2.20 bits per heavy atom. The summed E-state index contributed by atoms with van der Waals surface area (Å²) in [5, 5.41) is 3.03. The molecule has 0 bridgehead atoms. The van der Waals surface area contributed by atoms with Gasteiger partial charge in [0, 0.05) is 24.0 Å². The molecule has 1 atom stereocenters. The van der Waals surface area contributed by atoms with Gasteiger partial charge in [0.05, 0.1) is 10.6 Å². The van der Waals surface area contributed by atoms with Crippen molar-refractivity contribution in [2.24, 2.45) is 0 Å². The number of hydrogen-bond donors (Lipinski definition) is 1. The van der Waals surface area contributed by atoms with E-state index in [0.29, 0.717) is 18.7 Å². The molecular weight excluding hydrogens is 662 g/mol. The molecule has 0 heterocycles. The minimum atomic E-state index is -4.16. The largest absolute Gasteiger partial charge is 0.354 e. The first-order valence-electron chi connectivity index (χ1n) is 15.7. The van der Waals surface area contributed by atoms with E-state index in [1.807, 2.05) is 87.5 Å². The van der Waals surface area contributed by atoms with Gasteiger partial charge < -0.3 is 10.2 Å². The zero-order chi connectivity index (χ0) is 33.1. The molecule has 242 valence electrons. The van der Waals surface area contributed by atoms with Crippen molar-refractivity contribution in [3.05, 3.63) is 130 Å². The molecule has 0 saturated carbocycles. The third-order valence-corrected chi connectivity index (χ3v) is 10.1. The van der Waals surface area contributed by atoms with Crippen molar-refractivity contribution in [3.8, 4) is 0 Å². The van der Waals surface area contributed by atoms with Crippen LogP contribution in [0, 0.1) is 6.92 Å². The van der Waals surface area contributed by atoms with Crippen LogP contribution < -0.4 is 9.62 Å². The predicted octanol–water partition coefficient (Wildman–Crippen LogP) is 7.07. The fraction of sp³-hybridized carbons (Fsp3) is 0.297. The van der Waals surface area contributed by atoms with E-state index < -0.39 is 28.5 Å². The van der Waals surface area contributed by atoms with Gasteiger partial charge in [-0.1, -0.05) is 115 Å². The molecule has 0 unspecified atom stereocenters. The number of benzene rings is 4. The molecule has 7 nitrogen and oxygen atoms in total. The summed E-state index contributed by atoms with van der Waals surface area (Å²) in [6.45, 7) is 6.01. The van der Waals surface area contributed by atoms with Crippen LogP contribution in [0.25, 0.3) is 0 Å². The minimum absolute atomic E-state index is 0.0912. The zero-order valence-electron chi connectivity index (χ0n) is 26.7. The topological polar surface area (TPSA) is 86.8 Å². The van der Waals surface area contributed by atoms with E-state index in [-0.39, 0.29) is 23.8 Å². The number of rotatable bonds is 15. The van der Waals surface area contributed by atoms with Gasteiger partial charge in [0.25, 0.3) is 10.0 Å². The van der Waals surface area contributed by atoms with Crippen molar-refractivity contribution < 1.29 is 18.0 Å². The molecule has 0 aliphatic rings. The number of nitrogens with one attached hydrogen (secondary N) is 1. The number of para-hydroxylation sites is 1. The Morgan fingerprint density at radius 1 is 0.848 bits per heavy atom. The van der Waals surface area contributed by atoms with Crippen LogP contribution in [0.15, 0.2) is 112 Å². The first-order valence-corrected chi connectivity index (χ1v) is 17.9. The predicted molar refractivity (Wildman–Crippen MR) is 188 cm³/mol. The van der Waals surface area contributed by atoms with E-state index in [1.165, 1.54) is 9.21 Å². The van der Waals surface area contributed by atoms with Crippen molar-refractivity contribution in [1.82, 2.24) is 10.2 Å². The van der Waals surface area contributed by atoms with Crippen LogP contribution in [0.4, 0.5) is 5.69 Å². The summed E-state index contributed by atoms with van der Waals surface area (Å²) in [4.78, 5) is 30.1. The summed E-state index contributed by atoms with van der Waals surface area (Å²) in [6, 6.07) is 30.1. The normalized spacial score (nSPS) is 11.9. The molecule has 0 aromatic heterocycles. The van der Waals surface area contributed by atoms with Crippen molar-refractivity contribution in [2.45, 2.75) is 63.9 Å². The van der Waals surface area contributed by atoms with Gasteiger partial charge in [-0.25, -0.2) is 8.42 Å². The maximum atomic E-state index is 14.6. The van der Waals surface area contributed by atoms with Gasteiger partial charge in [0.15, 0.2) is 0 Å². The fourth-order valence-corrected chi connectivity index (χ4v) is 7.19. The summed E-state index contributed by atoms with van der Waals surface area (Å²) in [6.07, 6.45) is 2.56. The molecule has 0 radical (unpaired) electrons. The van der Waals surface area contributed by atoms with Gasteiger partial charge in [-0.15, -0.1) is 0 Å². The lowest BCUT2D eigenvalue weighted by molar-refractivity contribution is -0.140. The van der Waals surface area contributed by atoms with Crippen LogP contribution in [0.1, 0.15) is 48.9 Å². The van der Waals surface area contributed by atoms with Gasteiger partial charge in [-0.05, 0) is 66.8 Å². The Kier molecular flexibility index (Phi) is 12.6. The highest BCUT2D eigenvalue weighted by Crippen LogP contribution is 2.29. The van der Waals surface area contributed by atoms with E-state index in [4.69, 9.17) is 0 Å². The van der Waals surface area contributed by atoms with Crippen LogP contribution in [0.3, 0.4) is 0 Å². The highest BCUT2D eigenvalue weighted by molar-refractivity contribution is 9.10. The second kappa shape index (κ2) is 16.6. The van der Waals surface area contributed by atoms with Crippen LogP contribution in [0.5, 0.6) is 0 Å². The fourth-order valence-electron chi connectivity index (χ4n) is 5.30. The van der Waals surface area contributed by atoms with E-state index in [9.17, 15) is 18.0 Å². The molecule has 9 heteroatoms. The molecule has 0 fully saturated rings. The third kappa shape index (κ3) is 9.07. The van der Waals surface area contributed by atoms with Crippen molar-refractivity contribution >= 4 is 43.5 Å². The monoisotopic (exact) mass is 703 g/mol. The number of hydrogen-bond acceptors (Lipinski definition) is 4. The Hall–Kier alpha value is -3.95. The van der Waals surface area contributed by atoms with E-state index >= 15 is 0 Å². The van der Waals surface area contributed by atoms with Crippen LogP contribution in [-0.2, 0) is 39.0 Å². The summed E-state index contributed by atoms with van der Waals surface area (Å²) in [7, 11) is -4.16. The third-order valence-electron chi connectivity index (χ3n) is 7.87. The SMILES string of the molecule is CCCCNC(=O)[C@@H](Cc1ccccc1)N(Cc1cccc(Br)c1)C(=O)CN(c1ccccc1CC)S(=O)(=O)c1ccc(C)cc1. The molecule has 0 aliphatic carbocycles. The van der Waals surface area contributed by atoms with Crippen LogP contribution in [-0.4, -0.2) is 44.3 Å². The molecule has 0 spiro atoms. The quantitative estimate of drug-likeness (QED) is 0.134. The first-order chi connectivity index (χ1) is 22.1. The van der Waals surface area contributed by atoms with Crippen molar-refractivity contribution in [2.75, 3.05) is 17.4 Å². The standard InChI is InChI=1S/C37H42BrN3O4S/c1-4-6-23-39-37(43)35(25-29-13-8-7-9-14-29)40(26-30-15-12-17-32(38)24-30)36(42)27-41(34-18-11-10-16-31(34)5-2)46(44,45)33-21-19-28(3)20-22-33/h7-22,24,35H,4-6,23,25-27H2,1-3H3,(H,39,43)/t35-/m1/s1. The van der Waals surface area contributed by atoms with Crippen LogP contribution in [0.2, 0.25) is 0 Å². The average Bonchev–Trinajstić information content (AvgIpc) is 3.05. The number of carbonyl (C=O) groups excluding carboxylic acids is 2. The molecule has 0 saturated heterocycles. The smallest absolute Gasteiger partial charge is 0.264 e. The van der Waals surface area contributed by atoms with E-state index in [2.05, 4.69) is 21.2 Å². The molecule has 0 aliphatic heterocycles. The second-order valence-corrected chi connectivity index (χ2v) is 14.1. The average molecular weight is 705 g/mol.